The van der Waals surface area contributed by atoms with Crippen LogP contribution in [0.25, 0.3) is 0 Å². The van der Waals surface area contributed by atoms with Crippen LogP contribution in [0.4, 0.5) is 0 Å². The van der Waals surface area contributed by atoms with Crippen molar-refractivity contribution in [1.29, 1.82) is 0 Å². The summed E-state index contributed by atoms with van der Waals surface area (Å²) in [5.74, 6) is 0.236. The first-order valence-corrected chi connectivity index (χ1v) is 7.14. The zero-order valence-electron chi connectivity index (χ0n) is 10.9. The summed E-state index contributed by atoms with van der Waals surface area (Å²) in [6.07, 6.45) is 9.07. The van der Waals surface area contributed by atoms with Gasteiger partial charge in [-0.25, -0.2) is 0 Å². The highest BCUT2D eigenvalue weighted by atomic mass is 16.4. The SMILES string of the molecule is CC1CCC(N2CCCCC2CC(=O)O)CC1. The molecule has 1 saturated heterocycles. The molecule has 1 aliphatic carbocycles. The fourth-order valence-electron chi connectivity index (χ4n) is 3.50. The molecule has 2 rings (SSSR count). The molecule has 17 heavy (non-hydrogen) atoms. The van der Waals surface area contributed by atoms with Gasteiger partial charge in [0.1, 0.15) is 0 Å². The largest absolute Gasteiger partial charge is 0.481 e. The monoisotopic (exact) mass is 239 g/mol. The van der Waals surface area contributed by atoms with E-state index in [0.717, 1.165) is 18.9 Å². The van der Waals surface area contributed by atoms with Crippen LogP contribution in [0.2, 0.25) is 0 Å². The topological polar surface area (TPSA) is 40.5 Å². The molecule has 0 amide bonds. The Kier molecular flexibility index (Phi) is 4.43. The number of rotatable bonds is 3. The fraction of sp³-hybridized carbons (Fsp3) is 0.929. The Morgan fingerprint density at radius 3 is 2.53 bits per heavy atom. The van der Waals surface area contributed by atoms with Gasteiger partial charge in [0.05, 0.1) is 6.42 Å². The number of hydrogen-bond acceptors (Lipinski definition) is 2. The van der Waals surface area contributed by atoms with Crippen molar-refractivity contribution in [2.75, 3.05) is 6.54 Å². The van der Waals surface area contributed by atoms with Crippen molar-refractivity contribution in [2.24, 2.45) is 5.92 Å². The van der Waals surface area contributed by atoms with Crippen LogP contribution in [0.1, 0.15) is 58.3 Å². The molecule has 1 atom stereocenters. The van der Waals surface area contributed by atoms with Gasteiger partial charge in [0.25, 0.3) is 0 Å². The van der Waals surface area contributed by atoms with Crippen molar-refractivity contribution in [3.8, 4) is 0 Å². The highest BCUT2D eigenvalue weighted by Crippen LogP contribution is 2.31. The molecule has 1 N–H and O–H groups in total. The van der Waals surface area contributed by atoms with Crippen molar-refractivity contribution >= 4 is 5.97 Å². The number of carbonyl (C=O) groups is 1. The van der Waals surface area contributed by atoms with Crippen LogP contribution in [0, 0.1) is 5.92 Å². The van der Waals surface area contributed by atoms with Crippen LogP contribution < -0.4 is 0 Å². The van der Waals surface area contributed by atoms with E-state index in [2.05, 4.69) is 11.8 Å². The van der Waals surface area contributed by atoms with Gasteiger partial charge in [0.15, 0.2) is 0 Å². The minimum atomic E-state index is -0.633. The molecule has 1 heterocycles. The lowest BCUT2D eigenvalue weighted by molar-refractivity contribution is -0.139. The Labute approximate surface area is 104 Å². The smallest absolute Gasteiger partial charge is 0.304 e. The molecule has 1 aliphatic heterocycles. The number of hydrogen-bond donors (Lipinski definition) is 1. The molecular formula is C14H25NO2. The van der Waals surface area contributed by atoms with Gasteiger partial charge in [0.2, 0.25) is 0 Å². The van der Waals surface area contributed by atoms with Gasteiger partial charge in [-0.05, 0) is 51.0 Å². The van der Waals surface area contributed by atoms with Gasteiger partial charge in [-0.1, -0.05) is 13.3 Å². The van der Waals surface area contributed by atoms with Crippen LogP contribution >= 0.6 is 0 Å². The number of carboxylic acid groups (broad SMARTS) is 1. The number of carboxylic acids is 1. The zero-order chi connectivity index (χ0) is 12.3. The minimum Gasteiger partial charge on any atom is -0.481 e. The van der Waals surface area contributed by atoms with Crippen LogP contribution in [0.15, 0.2) is 0 Å². The van der Waals surface area contributed by atoms with E-state index in [4.69, 9.17) is 5.11 Å². The summed E-state index contributed by atoms with van der Waals surface area (Å²) in [4.78, 5) is 13.4. The van der Waals surface area contributed by atoms with E-state index in [1.807, 2.05) is 0 Å². The molecule has 0 radical (unpaired) electrons. The molecule has 3 nitrogen and oxygen atoms in total. The average Bonchev–Trinajstić information content (AvgIpc) is 2.30. The number of nitrogens with zero attached hydrogens (tertiary/aromatic N) is 1. The van der Waals surface area contributed by atoms with Gasteiger partial charge in [0, 0.05) is 12.1 Å². The second-order valence-corrected chi connectivity index (χ2v) is 5.90. The van der Waals surface area contributed by atoms with Crippen LogP contribution in [-0.2, 0) is 4.79 Å². The molecule has 0 aromatic heterocycles. The summed E-state index contributed by atoms with van der Waals surface area (Å²) in [6, 6.07) is 0.968. The number of aliphatic carboxylic acids is 1. The lowest BCUT2D eigenvalue weighted by Crippen LogP contribution is -2.48. The molecule has 3 heteroatoms. The molecule has 2 fully saturated rings. The lowest BCUT2D eigenvalue weighted by atomic mass is 9.84. The highest BCUT2D eigenvalue weighted by Gasteiger charge is 2.31. The molecule has 0 bridgehead atoms. The third-order valence-electron chi connectivity index (χ3n) is 4.54. The van der Waals surface area contributed by atoms with E-state index in [9.17, 15) is 4.79 Å². The van der Waals surface area contributed by atoms with E-state index in [1.165, 1.54) is 38.5 Å². The van der Waals surface area contributed by atoms with Crippen molar-refractivity contribution in [3.05, 3.63) is 0 Å². The van der Waals surface area contributed by atoms with Gasteiger partial charge in [-0.15, -0.1) is 0 Å². The Balaban J connectivity index is 1.93. The Hall–Kier alpha value is -0.570. The van der Waals surface area contributed by atoms with Crippen molar-refractivity contribution < 1.29 is 9.90 Å². The van der Waals surface area contributed by atoms with E-state index in [0.29, 0.717) is 18.5 Å². The standard InChI is InChI=1S/C14H25NO2/c1-11-5-7-12(8-6-11)15-9-3-2-4-13(15)10-14(16)17/h11-13H,2-10H2,1H3,(H,16,17). The quantitative estimate of drug-likeness (QED) is 0.823. The zero-order valence-corrected chi connectivity index (χ0v) is 10.9. The first-order valence-electron chi connectivity index (χ1n) is 7.14. The van der Waals surface area contributed by atoms with Crippen LogP contribution in [0.5, 0.6) is 0 Å². The maximum atomic E-state index is 10.9. The molecular weight excluding hydrogens is 214 g/mol. The minimum absolute atomic E-state index is 0.305. The Bertz CT molecular complexity index is 259. The first kappa shape index (κ1) is 12.9. The summed E-state index contributed by atoms with van der Waals surface area (Å²) < 4.78 is 0. The maximum absolute atomic E-state index is 10.9. The molecule has 98 valence electrons. The average molecular weight is 239 g/mol. The van der Waals surface area contributed by atoms with Crippen molar-refractivity contribution in [2.45, 2.75) is 70.4 Å². The van der Waals surface area contributed by atoms with Crippen LogP contribution in [-0.4, -0.2) is 34.6 Å². The molecule has 0 aromatic rings. The lowest BCUT2D eigenvalue weighted by Gasteiger charge is -2.43. The maximum Gasteiger partial charge on any atom is 0.304 e. The van der Waals surface area contributed by atoms with Gasteiger partial charge < -0.3 is 5.11 Å². The van der Waals surface area contributed by atoms with E-state index in [1.54, 1.807) is 0 Å². The third kappa shape index (κ3) is 3.44. The van der Waals surface area contributed by atoms with E-state index < -0.39 is 5.97 Å². The second-order valence-electron chi connectivity index (χ2n) is 5.90. The molecule has 1 saturated carbocycles. The summed E-state index contributed by atoms with van der Waals surface area (Å²) in [5.41, 5.74) is 0. The highest BCUT2D eigenvalue weighted by molar-refractivity contribution is 5.67. The van der Waals surface area contributed by atoms with Crippen LogP contribution in [0.3, 0.4) is 0 Å². The number of piperidine rings is 1. The Morgan fingerprint density at radius 1 is 1.18 bits per heavy atom. The molecule has 0 aromatic carbocycles. The third-order valence-corrected chi connectivity index (χ3v) is 4.54. The molecule has 2 aliphatic rings. The normalized spacial score (nSPS) is 35.7. The predicted octanol–water partition coefficient (Wildman–Crippen LogP) is 2.89. The summed E-state index contributed by atoms with van der Waals surface area (Å²) in [5, 5.41) is 9.00. The van der Waals surface area contributed by atoms with E-state index in [-0.39, 0.29) is 0 Å². The van der Waals surface area contributed by atoms with Crippen molar-refractivity contribution in [1.82, 2.24) is 4.90 Å². The van der Waals surface area contributed by atoms with Crippen molar-refractivity contribution in [3.63, 3.8) is 0 Å². The molecule has 1 unspecified atom stereocenters. The predicted molar refractivity (Wildman–Crippen MR) is 68.0 cm³/mol. The van der Waals surface area contributed by atoms with Gasteiger partial charge in [-0.2, -0.15) is 0 Å². The summed E-state index contributed by atoms with van der Waals surface area (Å²) in [7, 11) is 0. The molecule has 0 spiro atoms. The van der Waals surface area contributed by atoms with Gasteiger partial charge >= 0.3 is 5.97 Å². The summed E-state index contributed by atoms with van der Waals surface area (Å²) >= 11 is 0. The van der Waals surface area contributed by atoms with Gasteiger partial charge in [-0.3, -0.25) is 9.69 Å². The Morgan fingerprint density at radius 2 is 1.88 bits per heavy atom. The summed E-state index contributed by atoms with van der Waals surface area (Å²) in [6.45, 7) is 3.46. The van der Waals surface area contributed by atoms with E-state index >= 15 is 0 Å². The number of likely N-dealkylation sites (tertiary alicyclic amines) is 1. The first-order chi connectivity index (χ1) is 8.16. The second kappa shape index (κ2) is 5.85. The fourth-order valence-corrected chi connectivity index (χ4v) is 3.50.